The normalized spacial score (nSPS) is 14.3. The number of aryl methyl sites for hydroxylation is 1. The molecule has 1 aliphatic heterocycles. The Balaban J connectivity index is 1.40. The predicted molar refractivity (Wildman–Crippen MR) is 109 cm³/mol. The van der Waals surface area contributed by atoms with Crippen LogP contribution in [0, 0.1) is 6.92 Å². The molecule has 29 heavy (non-hydrogen) atoms. The van der Waals surface area contributed by atoms with Crippen molar-refractivity contribution in [2.75, 3.05) is 26.2 Å². The van der Waals surface area contributed by atoms with Crippen molar-refractivity contribution in [1.82, 2.24) is 19.2 Å². The van der Waals surface area contributed by atoms with Gasteiger partial charge in [0.25, 0.3) is 5.91 Å². The van der Waals surface area contributed by atoms with Crippen molar-refractivity contribution in [3.8, 4) is 5.75 Å². The van der Waals surface area contributed by atoms with Gasteiger partial charge in [0.05, 0.1) is 5.69 Å². The lowest BCUT2D eigenvalue weighted by Crippen LogP contribution is -2.50. The van der Waals surface area contributed by atoms with E-state index < -0.39 is 0 Å². The van der Waals surface area contributed by atoms with Crippen LogP contribution in [0.4, 0.5) is 0 Å². The maximum absolute atomic E-state index is 12.8. The summed E-state index contributed by atoms with van der Waals surface area (Å²) in [4.78, 5) is 32.4. The molecule has 0 N–H and O–H groups in total. The molecule has 0 atom stereocenters. The Hall–Kier alpha value is -3.35. The molecule has 1 aliphatic rings. The third-order valence-electron chi connectivity index (χ3n) is 5.13. The monoisotopic (exact) mass is 392 g/mol. The molecular weight excluding hydrogens is 368 g/mol. The summed E-state index contributed by atoms with van der Waals surface area (Å²) in [6.45, 7) is 6.17. The van der Waals surface area contributed by atoms with E-state index in [0.717, 1.165) is 16.9 Å². The summed E-state index contributed by atoms with van der Waals surface area (Å²) in [6, 6.07) is 11.2. The molecule has 7 heteroatoms. The zero-order valence-corrected chi connectivity index (χ0v) is 16.7. The van der Waals surface area contributed by atoms with E-state index in [2.05, 4.69) is 4.98 Å². The van der Waals surface area contributed by atoms with E-state index in [1.54, 1.807) is 28.9 Å². The van der Waals surface area contributed by atoms with Gasteiger partial charge < -0.3 is 18.9 Å². The first-order valence-electron chi connectivity index (χ1n) is 9.71. The van der Waals surface area contributed by atoms with Gasteiger partial charge in [-0.25, -0.2) is 4.98 Å². The summed E-state index contributed by atoms with van der Waals surface area (Å²) in [5.74, 6) is 0.642. The average Bonchev–Trinajstić information content (AvgIpc) is 3.14. The van der Waals surface area contributed by atoms with Gasteiger partial charge in [-0.05, 0) is 36.8 Å². The number of hydrogen-bond acceptors (Lipinski definition) is 4. The number of hydrogen-bond donors (Lipinski definition) is 0. The highest BCUT2D eigenvalue weighted by molar-refractivity contribution is 5.94. The van der Waals surface area contributed by atoms with E-state index in [0.29, 0.717) is 44.1 Å². The van der Waals surface area contributed by atoms with Crippen LogP contribution < -0.4 is 4.74 Å². The minimum absolute atomic E-state index is 0.0399. The molecule has 1 aromatic carbocycles. The zero-order chi connectivity index (χ0) is 20.4. The van der Waals surface area contributed by atoms with Gasteiger partial charge in [-0.15, -0.1) is 0 Å². The Labute approximate surface area is 169 Å². The van der Waals surface area contributed by atoms with Crippen LogP contribution in [0.2, 0.25) is 0 Å². The van der Waals surface area contributed by atoms with Crippen LogP contribution in [-0.2, 0) is 11.4 Å². The molecule has 0 unspecified atom stereocenters. The van der Waals surface area contributed by atoms with Crippen LogP contribution in [0.3, 0.4) is 0 Å². The summed E-state index contributed by atoms with van der Waals surface area (Å²) < 4.78 is 7.86. The third kappa shape index (κ3) is 4.23. The van der Waals surface area contributed by atoms with Gasteiger partial charge in [-0.1, -0.05) is 12.1 Å². The second-order valence-corrected chi connectivity index (χ2v) is 7.32. The van der Waals surface area contributed by atoms with E-state index in [9.17, 15) is 9.59 Å². The summed E-state index contributed by atoms with van der Waals surface area (Å²) in [5.41, 5.74) is 3.46. The number of carbonyl (C=O) groups is 2. The van der Waals surface area contributed by atoms with Crippen LogP contribution in [0.15, 0.2) is 48.8 Å². The highest BCUT2D eigenvalue weighted by Gasteiger charge is 2.23. The lowest BCUT2D eigenvalue weighted by molar-refractivity contribution is -0.130. The van der Waals surface area contributed by atoms with Crippen LogP contribution >= 0.6 is 0 Å². The number of pyridine rings is 1. The Morgan fingerprint density at radius 2 is 1.79 bits per heavy atom. The number of ether oxygens (including phenoxy) is 1. The molecule has 1 saturated heterocycles. The number of benzene rings is 1. The number of nitrogens with zero attached hydrogens (tertiary/aromatic N) is 4. The molecule has 3 aromatic rings. The Kier molecular flexibility index (Phi) is 5.20. The molecular formula is C22H24N4O3. The van der Waals surface area contributed by atoms with E-state index in [4.69, 9.17) is 4.74 Å². The molecule has 2 aromatic heterocycles. The molecule has 150 valence electrons. The minimum atomic E-state index is -0.0399. The van der Waals surface area contributed by atoms with Crippen molar-refractivity contribution in [2.45, 2.75) is 20.5 Å². The standard InChI is InChI=1S/C22H24N4O3/c1-16-6-7-21-23-19(14-26(21)13-16)15-29-20-5-3-4-18(12-20)22(28)25-10-8-24(9-11-25)17(2)27/h3-7,12-14H,8-11,15H2,1-2H3. The molecule has 3 heterocycles. The van der Waals surface area contributed by atoms with Crippen molar-refractivity contribution in [3.05, 3.63) is 65.6 Å². The first kappa shape index (κ1) is 19.0. The fraction of sp³-hybridized carbons (Fsp3) is 0.318. The van der Waals surface area contributed by atoms with Gasteiger partial charge in [-0.3, -0.25) is 9.59 Å². The highest BCUT2D eigenvalue weighted by Crippen LogP contribution is 2.18. The van der Waals surface area contributed by atoms with E-state index in [1.807, 2.05) is 48.0 Å². The van der Waals surface area contributed by atoms with Crippen LogP contribution in [-0.4, -0.2) is 57.2 Å². The number of imidazole rings is 1. The van der Waals surface area contributed by atoms with Crippen LogP contribution in [0.5, 0.6) is 5.75 Å². The fourth-order valence-corrected chi connectivity index (χ4v) is 3.51. The number of rotatable bonds is 4. The molecule has 0 spiro atoms. The Morgan fingerprint density at radius 3 is 2.55 bits per heavy atom. The smallest absolute Gasteiger partial charge is 0.254 e. The highest BCUT2D eigenvalue weighted by atomic mass is 16.5. The van der Waals surface area contributed by atoms with E-state index >= 15 is 0 Å². The zero-order valence-electron chi connectivity index (χ0n) is 16.7. The Morgan fingerprint density at radius 1 is 1.03 bits per heavy atom. The molecule has 0 radical (unpaired) electrons. The average molecular weight is 392 g/mol. The quantitative estimate of drug-likeness (QED) is 0.684. The molecule has 1 fully saturated rings. The molecule has 7 nitrogen and oxygen atoms in total. The number of aromatic nitrogens is 2. The molecule has 4 rings (SSSR count). The van der Waals surface area contributed by atoms with Crippen molar-refractivity contribution < 1.29 is 14.3 Å². The van der Waals surface area contributed by atoms with Crippen molar-refractivity contribution in [2.24, 2.45) is 0 Å². The van der Waals surface area contributed by atoms with Crippen molar-refractivity contribution in [1.29, 1.82) is 0 Å². The third-order valence-corrected chi connectivity index (χ3v) is 5.13. The minimum Gasteiger partial charge on any atom is -0.487 e. The van der Waals surface area contributed by atoms with Crippen molar-refractivity contribution >= 4 is 17.5 Å². The first-order chi connectivity index (χ1) is 14.0. The summed E-state index contributed by atoms with van der Waals surface area (Å²) in [5, 5.41) is 0. The topological polar surface area (TPSA) is 67.2 Å². The van der Waals surface area contributed by atoms with Gasteiger partial charge in [0, 0.05) is 51.1 Å². The molecule has 0 aliphatic carbocycles. The van der Waals surface area contributed by atoms with E-state index in [1.165, 1.54) is 0 Å². The van der Waals surface area contributed by atoms with Gasteiger partial charge >= 0.3 is 0 Å². The lowest BCUT2D eigenvalue weighted by Gasteiger charge is -2.34. The summed E-state index contributed by atoms with van der Waals surface area (Å²) in [6.07, 6.45) is 3.98. The largest absolute Gasteiger partial charge is 0.487 e. The van der Waals surface area contributed by atoms with Crippen LogP contribution in [0.1, 0.15) is 28.5 Å². The SMILES string of the molecule is CC(=O)N1CCN(C(=O)c2cccc(OCc3cn4cc(C)ccc4n3)c2)CC1. The van der Waals surface area contributed by atoms with Crippen LogP contribution in [0.25, 0.3) is 5.65 Å². The first-order valence-corrected chi connectivity index (χ1v) is 9.71. The maximum atomic E-state index is 12.8. The summed E-state index contributed by atoms with van der Waals surface area (Å²) in [7, 11) is 0. The van der Waals surface area contributed by atoms with Gasteiger partial charge in [0.2, 0.25) is 5.91 Å². The van der Waals surface area contributed by atoms with E-state index in [-0.39, 0.29) is 11.8 Å². The number of carbonyl (C=O) groups excluding carboxylic acids is 2. The maximum Gasteiger partial charge on any atom is 0.254 e. The van der Waals surface area contributed by atoms with Gasteiger partial charge in [0.1, 0.15) is 18.0 Å². The summed E-state index contributed by atoms with van der Waals surface area (Å²) >= 11 is 0. The van der Waals surface area contributed by atoms with Gasteiger partial charge in [-0.2, -0.15) is 0 Å². The molecule has 0 saturated carbocycles. The molecule has 2 amide bonds. The second kappa shape index (κ2) is 7.95. The number of fused-ring (bicyclic) bond motifs is 1. The second-order valence-electron chi connectivity index (χ2n) is 7.32. The lowest BCUT2D eigenvalue weighted by atomic mass is 10.1. The Bertz CT molecular complexity index is 1050. The predicted octanol–water partition coefficient (Wildman–Crippen LogP) is 2.53. The number of amides is 2. The fourth-order valence-electron chi connectivity index (χ4n) is 3.51. The number of piperazine rings is 1. The molecule has 0 bridgehead atoms. The van der Waals surface area contributed by atoms with Gasteiger partial charge in [0.15, 0.2) is 0 Å². The van der Waals surface area contributed by atoms with Crippen molar-refractivity contribution in [3.63, 3.8) is 0 Å².